The number of hydrazone groups is 1. The monoisotopic (exact) mass is 431 g/mol. The fourth-order valence-electron chi connectivity index (χ4n) is 3.65. The summed E-state index contributed by atoms with van der Waals surface area (Å²) in [6, 6.07) is 27.3. The zero-order chi connectivity index (χ0) is 22.5. The molecule has 4 rings (SSSR count). The highest BCUT2D eigenvalue weighted by molar-refractivity contribution is 6.09. The molecule has 0 amide bonds. The van der Waals surface area contributed by atoms with Crippen LogP contribution in [-0.4, -0.2) is 5.84 Å². The maximum Gasteiger partial charge on any atom is 0.145 e. The standard InChI is InChI=1S/C26H20F3N3/c27-20-8-6-19(7-9-20)25(18-4-2-1-3-5-18)26(31-30)32(23-14-10-21(28)11-15-23)24-16-12-22(29)13-17-24/h1-17,25H,30H2. The van der Waals surface area contributed by atoms with Crippen LogP contribution in [0, 0.1) is 17.5 Å². The van der Waals surface area contributed by atoms with Crippen molar-refractivity contribution in [2.45, 2.75) is 5.92 Å². The van der Waals surface area contributed by atoms with Gasteiger partial charge in [-0.2, -0.15) is 5.10 Å². The second-order valence-corrected chi connectivity index (χ2v) is 7.17. The van der Waals surface area contributed by atoms with Gasteiger partial charge in [0.2, 0.25) is 0 Å². The smallest absolute Gasteiger partial charge is 0.145 e. The summed E-state index contributed by atoms with van der Waals surface area (Å²) in [6.07, 6.45) is 0. The van der Waals surface area contributed by atoms with Crippen LogP contribution >= 0.6 is 0 Å². The van der Waals surface area contributed by atoms with Crippen LogP contribution in [0.1, 0.15) is 17.0 Å². The van der Waals surface area contributed by atoms with Crippen molar-refractivity contribution in [2.75, 3.05) is 4.90 Å². The minimum Gasteiger partial charge on any atom is -0.322 e. The topological polar surface area (TPSA) is 41.6 Å². The van der Waals surface area contributed by atoms with Crippen molar-refractivity contribution in [3.63, 3.8) is 0 Å². The van der Waals surface area contributed by atoms with E-state index in [4.69, 9.17) is 5.84 Å². The lowest BCUT2D eigenvalue weighted by molar-refractivity contribution is 0.627. The Balaban J connectivity index is 1.92. The summed E-state index contributed by atoms with van der Waals surface area (Å²) in [5, 5.41) is 4.12. The van der Waals surface area contributed by atoms with Crippen molar-refractivity contribution in [1.29, 1.82) is 0 Å². The highest BCUT2D eigenvalue weighted by atomic mass is 19.1. The van der Waals surface area contributed by atoms with E-state index in [1.807, 2.05) is 30.3 Å². The fourth-order valence-corrected chi connectivity index (χ4v) is 3.65. The van der Waals surface area contributed by atoms with Gasteiger partial charge < -0.3 is 5.84 Å². The number of nitrogens with zero attached hydrogens (tertiary/aromatic N) is 2. The van der Waals surface area contributed by atoms with Gasteiger partial charge in [0.1, 0.15) is 23.3 Å². The number of hydrogen-bond acceptors (Lipinski definition) is 2. The van der Waals surface area contributed by atoms with E-state index in [0.29, 0.717) is 17.2 Å². The van der Waals surface area contributed by atoms with Gasteiger partial charge in [-0.15, -0.1) is 0 Å². The van der Waals surface area contributed by atoms with Crippen molar-refractivity contribution in [3.05, 3.63) is 132 Å². The quantitative estimate of drug-likeness (QED) is 0.173. The molecule has 2 N–H and O–H groups in total. The third-order valence-electron chi connectivity index (χ3n) is 5.13. The molecule has 32 heavy (non-hydrogen) atoms. The van der Waals surface area contributed by atoms with E-state index in [1.54, 1.807) is 41.3 Å². The zero-order valence-electron chi connectivity index (χ0n) is 17.0. The van der Waals surface area contributed by atoms with Crippen molar-refractivity contribution in [2.24, 2.45) is 10.9 Å². The highest BCUT2D eigenvalue weighted by Gasteiger charge is 2.28. The maximum atomic E-state index is 13.7. The number of hydrogen-bond donors (Lipinski definition) is 1. The molecule has 4 aromatic carbocycles. The normalized spacial score (nSPS) is 12.4. The first-order chi connectivity index (χ1) is 15.6. The van der Waals surface area contributed by atoms with Crippen LogP contribution < -0.4 is 10.7 Å². The molecule has 1 unspecified atom stereocenters. The molecule has 0 saturated heterocycles. The van der Waals surface area contributed by atoms with Crippen molar-refractivity contribution in [3.8, 4) is 0 Å². The van der Waals surface area contributed by atoms with Crippen LogP contribution in [0.25, 0.3) is 0 Å². The molecule has 4 aromatic rings. The molecule has 0 aliphatic heterocycles. The van der Waals surface area contributed by atoms with E-state index >= 15 is 0 Å². The Labute approximate surface area is 184 Å². The largest absolute Gasteiger partial charge is 0.322 e. The molecule has 0 spiro atoms. The Morgan fingerprint density at radius 3 is 1.44 bits per heavy atom. The average molecular weight is 431 g/mol. The lowest BCUT2D eigenvalue weighted by Gasteiger charge is -2.31. The molecule has 0 bridgehead atoms. The summed E-state index contributed by atoms with van der Waals surface area (Å²) >= 11 is 0. The average Bonchev–Trinajstić information content (AvgIpc) is 2.82. The fraction of sp³-hybridized carbons (Fsp3) is 0.0385. The van der Waals surface area contributed by atoms with Crippen LogP contribution in [0.5, 0.6) is 0 Å². The van der Waals surface area contributed by atoms with Gasteiger partial charge in [-0.1, -0.05) is 42.5 Å². The van der Waals surface area contributed by atoms with Crippen LogP contribution in [0.15, 0.2) is 108 Å². The number of anilines is 2. The van der Waals surface area contributed by atoms with E-state index in [1.165, 1.54) is 36.4 Å². The van der Waals surface area contributed by atoms with Crippen LogP contribution in [0.2, 0.25) is 0 Å². The Morgan fingerprint density at radius 1 is 0.594 bits per heavy atom. The first-order valence-corrected chi connectivity index (χ1v) is 9.96. The summed E-state index contributed by atoms with van der Waals surface area (Å²) in [5.74, 6) is 4.72. The third kappa shape index (κ3) is 4.49. The van der Waals surface area contributed by atoms with E-state index in [-0.39, 0.29) is 5.82 Å². The van der Waals surface area contributed by atoms with E-state index in [0.717, 1.165) is 11.1 Å². The molecule has 6 heteroatoms. The van der Waals surface area contributed by atoms with Gasteiger partial charge in [-0.3, -0.25) is 4.90 Å². The predicted octanol–water partition coefficient (Wildman–Crippen LogP) is 6.35. The predicted molar refractivity (Wildman–Crippen MR) is 121 cm³/mol. The molecule has 0 aliphatic rings. The van der Waals surface area contributed by atoms with Crippen molar-refractivity contribution >= 4 is 17.2 Å². The maximum absolute atomic E-state index is 13.7. The minimum absolute atomic E-state index is 0.360. The number of nitrogens with two attached hydrogens (primary N) is 1. The number of halogens is 3. The summed E-state index contributed by atoms with van der Waals surface area (Å²) < 4.78 is 41.0. The van der Waals surface area contributed by atoms with E-state index in [2.05, 4.69) is 5.10 Å². The highest BCUT2D eigenvalue weighted by Crippen LogP contribution is 2.35. The van der Waals surface area contributed by atoms with Gasteiger partial charge in [0.25, 0.3) is 0 Å². The molecule has 0 radical (unpaired) electrons. The molecule has 0 aromatic heterocycles. The molecule has 0 saturated carbocycles. The first-order valence-electron chi connectivity index (χ1n) is 9.96. The lowest BCUT2D eigenvalue weighted by atomic mass is 9.89. The SMILES string of the molecule is NN=C(C(c1ccccc1)c1ccc(F)cc1)N(c1ccc(F)cc1)c1ccc(F)cc1. The summed E-state index contributed by atoms with van der Waals surface area (Å²) in [5.41, 5.74) is 2.81. The number of rotatable bonds is 5. The van der Waals surface area contributed by atoms with Crippen LogP contribution in [0.4, 0.5) is 24.5 Å². The molecular weight excluding hydrogens is 411 g/mol. The first kappa shape index (κ1) is 21.2. The lowest BCUT2D eigenvalue weighted by Crippen LogP contribution is -2.33. The van der Waals surface area contributed by atoms with Gasteiger partial charge in [-0.25, -0.2) is 13.2 Å². The molecule has 160 valence electrons. The molecule has 3 nitrogen and oxygen atoms in total. The number of amidine groups is 1. The Bertz CT molecular complexity index is 1140. The Morgan fingerprint density at radius 2 is 1.00 bits per heavy atom. The van der Waals surface area contributed by atoms with Crippen LogP contribution in [-0.2, 0) is 0 Å². The van der Waals surface area contributed by atoms with Crippen LogP contribution in [0.3, 0.4) is 0 Å². The molecule has 0 fully saturated rings. The van der Waals surface area contributed by atoms with Gasteiger partial charge >= 0.3 is 0 Å². The second kappa shape index (κ2) is 9.39. The van der Waals surface area contributed by atoms with E-state index < -0.39 is 17.6 Å². The summed E-state index contributed by atoms with van der Waals surface area (Å²) in [4.78, 5) is 1.74. The second-order valence-electron chi connectivity index (χ2n) is 7.17. The zero-order valence-corrected chi connectivity index (χ0v) is 17.0. The minimum atomic E-state index is -0.475. The summed E-state index contributed by atoms with van der Waals surface area (Å²) in [6.45, 7) is 0. The van der Waals surface area contributed by atoms with Gasteiger partial charge in [0.15, 0.2) is 0 Å². The van der Waals surface area contributed by atoms with Crippen molar-refractivity contribution < 1.29 is 13.2 Å². The molecule has 0 heterocycles. The molecule has 0 aliphatic carbocycles. The van der Waals surface area contributed by atoms with E-state index in [9.17, 15) is 13.2 Å². The molecule has 1 atom stereocenters. The van der Waals surface area contributed by atoms with Gasteiger partial charge in [0, 0.05) is 11.4 Å². The Hall–Kier alpha value is -4.06. The van der Waals surface area contributed by atoms with Gasteiger partial charge in [-0.05, 0) is 71.8 Å². The molecular formula is C26H20F3N3. The third-order valence-corrected chi connectivity index (χ3v) is 5.13. The summed E-state index contributed by atoms with van der Waals surface area (Å²) in [7, 11) is 0. The Kier molecular flexibility index (Phi) is 6.22. The number of benzene rings is 4. The van der Waals surface area contributed by atoms with Crippen molar-refractivity contribution in [1.82, 2.24) is 0 Å². The van der Waals surface area contributed by atoms with Gasteiger partial charge in [0.05, 0.1) is 5.92 Å².